The number of rotatable bonds is 5. The van der Waals surface area contributed by atoms with E-state index in [2.05, 4.69) is 21.6 Å². The predicted molar refractivity (Wildman–Crippen MR) is 71.5 cm³/mol. The number of aromatic nitrogens is 2. The second-order valence-electron chi connectivity index (χ2n) is 5.35. The fourth-order valence-corrected chi connectivity index (χ4v) is 2.11. The van der Waals surface area contributed by atoms with Gasteiger partial charge < -0.3 is 9.73 Å². The van der Waals surface area contributed by atoms with Crippen molar-refractivity contribution in [3.63, 3.8) is 0 Å². The third-order valence-corrected chi connectivity index (χ3v) is 3.22. The van der Waals surface area contributed by atoms with E-state index < -0.39 is 0 Å². The van der Waals surface area contributed by atoms with Crippen molar-refractivity contribution < 1.29 is 9.21 Å². The second kappa shape index (κ2) is 5.99. The number of hydrogen-bond donors (Lipinski definition) is 1. The minimum Gasteiger partial charge on any atom is -0.423 e. The zero-order chi connectivity index (χ0) is 13.8. The van der Waals surface area contributed by atoms with Crippen molar-refractivity contribution in [2.75, 3.05) is 0 Å². The predicted octanol–water partition coefficient (Wildman–Crippen LogP) is 2.87. The van der Waals surface area contributed by atoms with Crippen LogP contribution in [0.5, 0.6) is 0 Å². The van der Waals surface area contributed by atoms with Crippen molar-refractivity contribution in [2.45, 2.75) is 58.4 Å². The summed E-state index contributed by atoms with van der Waals surface area (Å²) in [4.78, 5) is 11.9. The SMILES string of the molecule is CC(C)c1nnc(C(C)NC(=O)CC2=CCCC2)o1. The summed E-state index contributed by atoms with van der Waals surface area (Å²) in [6, 6.07) is -0.241. The molecular weight excluding hydrogens is 242 g/mol. The van der Waals surface area contributed by atoms with Crippen LogP contribution in [0.3, 0.4) is 0 Å². The highest BCUT2D eigenvalue weighted by Gasteiger charge is 2.18. The molecular formula is C14H21N3O2. The topological polar surface area (TPSA) is 68.0 Å². The third-order valence-electron chi connectivity index (χ3n) is 3.22. The maximum absolute atomic E-state index is 11.9. The lowest BCUT2D eigenvalue weighted by Gasteiger charge is -2.10. The van der Waals surface area contributed by atoms with Gasteiger partial charge in [-0.2, -0.15) is 0 Å². The second-order valence-corrected chi connectivity index (χ2v) is 5.35. The molecule has 0 bridgehead atoms. The highest BCUT2D eigenvalue weighted by molar-refractivity contribution is 5.78. The van der Waals surface area contributed by atoms with Crippen LogP contribution in [0, 0.1) is 0 Å². The molecule has 1 aromatic heterocycles. The molecule has 0 saturated heterocycles. The first-order chi connectivity index (χ1) is 9.06. The maximum Gasteiger partial charge on any atom is 0.238 e. The molecule has 1 amide bonds. The van der Waals surface area contributed by atoms with Crippen LogP contribution in [0.25, 0.3) is 0 Å². The minimum atomic E-state index is -0.241. The number of carbonyl (C=O) groups is 1. The highest BCUT2D eigenvalue weighted by atomic mass is 16.4. The van der Waals surface area contributed by atoms with E-state index in [-0.39, 0.29) is 17.9 Å². The van der Waals surface area contributed by atoms with Crippen LogP contribution in [0.1, 0.15) is 70.2 Å². The molecule has 0 radical (unpaired) electrons. The molecule has 0 saturated carbocycles. The first kappa shape index (κ1) is 13.8. The normalized spacial score (nSPS) is 16.5. The van der Waals surface area contributed by atoms with Gasteiger partial charge in [0.15, 0.2) is 0 Å². The van der Waals surface area contributed by atoms with Crippen LogP contribution in [-0.2, 0) is 4.79 Å². The molecule has 0 fully saturated rings. The minimum absolute atomic E-state index is 0.0185. The van der Waals surface area contributed by atoms with Crippen LogP contribution < -0.4 is 5.32 Å². The van der Waals surface area contributed by atoms with E-state index in [0.29, 0.717) is 18.2 Å². The summed E-state index contributed by atoms with van der Waals surface area (Å²) in [6.07, 6.45) is 5.95. The summed E-state index contributed by atoms with van der Waals surface area (Å²) in [7, 11) is 0. The van der Waals surface area contributed by atoms with Crippen LogP contribution in [0.4, 0.5) is 0 Å². The van der Waals surface area contributed by atoms with Crippen LogP contribution >= 0.6 is 0 Å². The average molecular weight is 263 g/mol. The molecule has 1 aromatic rings. The third kappa shape index (κ3) is 3.66. The molecule has 1 atom stereocenters. The standard InChI is InChI=1S/C14H21N3O2/c1-9(2)13-16-17-14(19-13)10(3)15-12(18)8-11-6-4-5-7-11/h6,9-10H,4-5,7-8H2,1-3H3,(H,15,18). The van der Waals surface area contributed by atoms with Crippen molar-refractivity contribution in [2.24, 2.45) is 0 Å². The van der Waals surface area contributed by atoms with Gasteiger partial charge in [0.2, 0.25) is 17.7 Å². The Kier molecular flexibility index (Phi) is 4.35. The van der Waals surface area contributed by atoms with E-state index >= 15 is 0 Å². The van der Waals surface area contributed by atoms with Crippen molar-refractivity contribution in [1.82, 2.24) is 15.5 Å². The van der Waals surface area contributed by atoms with Crippen LogP contribution in [0.15, 0.2) is 16.1 Å². The molecule has 1 N–H and O–H groups in total. The van der Waals surface area contributed by atoms with Gasteiger partial charge in [-0.15, -0.1) is 10.2 Å². The molecule has 19 heavy (non-hydrogen) atoms. The number of hydrogen-bond acceptors (Lipinski definition) is 4. The van der Waals surface area contributed by atoms with Gasteiger partial charge >= 0.3 is 0 Å². The number of nitrogens with zero attached hydrogens (tertiary/aromatic N) is 2. The molecule has 0 aliphatic heterocycles. The fraction of sp³-hybridized carbons (Fsp3) is 0.643. The first-order valence-corrected chi connectivity index (χ1v) is 6.87. The summed E-state index contributed by atoms with van der Waals surface area (Å²) in [5.74, 6) is 1.30. The van der Waals surface area contributed by atoms with Gasteiger partial charge in [0.25, 0.3) is 0 Å². The number of nitrogens with one attached hydrogen (secondary N) is 1. The molecule has 5 nitrogen and oxygen atoms in total. The van der Waals surface area contributed by atoms with E-state index in [9.17, 15) is 4.79 Å². The maximum atomic E-state index is 11.9. The average Bonchev–Trinajstić information content (AvgIpc) is 2.98. The van der Waals surface area contributed by atoms with E-state index in [4.69, 9.17) is 4.42 Å². The highest BCUT2D eigenvalue weighted by Crippen LogP contribution is 2.21. The van der Waals surface area contributed by atoms with Gasteiger partial charge in [-0.25, -0.2) is 0 Å². The molecule has 5 heteroatoms. The molecule has 1 aliphatic carbocycles. The number of carbonyl (C=O) groups excluding carboxylic acids is 1. The lowest BCUT2D eigenvalue weighted by Crippen LogP contribution is -2.26. The Labute approximate surface area is 113 Å². The van der Waals surface area contributed by atoms with Crippen molar-refractivity contribution in [1.29, 1.82) is 0 Å². The Morgan fingerprint density at radius 2 is 2.11 bits per heavy atom. The van der Waals surface area contributed by atoms with E-state index in [0.717, 1.165) is 12.8 Å². The summed E-state index contributed by atoms with van der Waals surface area (Å²) in [5.41, 5.74) is 1.23. The number of amides is 1. The summed E-state index contributed by atoms with van der Waals surface area (Å²) in [6.45, 7) is 5.85. The van der Waals surface area contributed by atoms with Gasteiger partial charge in [0.05, 0.1) is 0 Å². The van der Waals surface area contributed by atoms with Gasteiger partial charge in [-0.05, 0) is 26.2 Å². The molecule has 1 aliphatic rings. The first-order valence-electron chi connectivity index (χ1n) is 6.87. The molecule has 2 rings (SSSR count). The van der Waals surface area contributed by atoms with Crippen LogP contribution in [0.2, 0.25) is 0 Å². The van der Waals surface area contributed by atoms with Crippen molar-refractivity contribution in [3.8, 4) is 0 Å². The zero-order valence-electron chi connectivity index (χ0n) is 11.8. The van der Waals surface area contributed by atoms with Crippen molar-refractivity contribution >= 4 is 5.91 Å². The quantitative estimate of drug-likeness (QED) is 0.829. The van der Waals surface area contributed by atoms with Crippen LogP contribution in [-0.4, -0.2) is 16.1 Å². The smallest absolute Gasteiger partial charge is 0.238 e. The summed E-state index contributed by atoms with van der Waals surface area (Å²) < 4.78 is 5.53. The Balaban J connectivity index is 1.88. The van der Waals surface area contributed by atoms with E-state index in [1.54, 1.807) is 0 Å². The van der Waals surface area contributed by atoms with E-state index in [1.165, 1.54) is 12.0 Å². The fourth-order valence-electron chi connectivity index (χ4n) is 2.11. The molecule has 0 aromatic carbocycles. The summed E-state index contributed by atoms with van der Waals surface area (Å²) in [5, 5.41) is 10.8. The Hall–Kier alpha value is -1.65. The largest absolute Gasteiger partial charge is 0.423 e. The van der Waals surface area contributed by atoms with Gasteiger partial charge in [-0.1, -0.05) is 25.5 Å². The molecule has 104 valence electrons. The van der Waals surface area contributed by atoms with Gasteiger partial charge in [0.1, 0.15) is 6.04 Å². The zero-order valence-corrected chi connectivity index (χ0v) is 11.8. The Morgan fingerprint density at radius 1 is 1.37 bits per heavy atom. The van der Waals surface area contributed by atoms with Gasteiger partial charge in [0, 0.05) is 12.3 Å². The van der Waals surface area contributed by atoms with Gasteiger partial charge in [-0.3, -0.25) is 4.79 Å². The van der Waals surface area contributed by atoms with E-state index in [1.807, 2.05) is 20.8 Å². The molecule has 0 spiro atoms. The summed E-state index contributed by atoms with van der Waals surface area (Å²) >= 11 is 0. The Bertz CT molecular complexity index is 477. The monoisotopic (exact) mass is 263 g/mol. The lowest BCUT2D eigenvalue weighted by molar-refractivity contribution is -0.121. The Morgan fingerprint density at radius 3 is 2.68 bits per heavy atom. The molecule has 1 unspecified atom stereocenters. The number of allylic oxidation sites excluding steroid dienone is 1. The lowest BCUT2D eigenvalue weighted by atomic mass is 10.1. The van der Waals surface area contributed by atoms with Crippen molar-refractivity contribution in [3.05, 3.63) is 23.4 Å². The molecule has 1 heterocycles.